The van der Waals surface area contributed by atoms with Gasteiger partial charge in [0, 0.05) is 18.2 Å². The molecule has 0 aromatic heterocycles. The van der Waals surface area contributed by atoms with Crippen LogP contribution in [0.15, 0.2) is 42.5 Å². The Labute approximate surface area is 151 Å². The third-order valence-electron chi connectivity index (χ3n) is 3.91. The zero-order chi connectivity index (χ0) is 19.1. The van der Waals surface area contributed by atoms with Crippen LogP contribution in [0.5, 0.6) is 5.75 Å². The second-order valence-corrected chi connectivity index (χ2v) is 5.95. The molecule has 140 valence electrons. The third-order valence-corrected chi connectivity index (χ3v) is 3.91. The number of urea groups is 1. The molecular weight excluding hydrogens is 342 g/mol. The van der Waals surface area contributed by atoms with Gasteiger partial charge in [-0.1, -0.05) is 18.2 Å². The lowest BCUT2D eigenvalue weighted by atomic mass is 10.1. The van der Waals surface area contributed by atoms with Crippen LogP contribution in [0.2, 0.25) is 0 Å². The Morgan fingerprint density at radius 3 is 2.35 bits per heavy atom. The van der Waals surface area contributed by atoms with Gasteiger partial charge in [-0.25, -0.2) is 13.6 Å². The molecule has 26 heavy (non-hydrogen) atoms. The number of methoxy groups -OCH3 is 1. The average molecular weight is 364 g/mol. The predicted octanol–water partition coefficient (Wildman–Crippen LogP) is 2.94. The first-order valence-corrected chi connectivity index (χ1v) is 8.20. The normalized spacial score (nSPS) is 13.0. The summed E-state index contributed by atoms with van der Waals surface area (Å²) in [5.74, 6) is -0.621. The molecular formula is C19H22F2N2O3. The lowest BCUT2D eigenvalue weighted by molar-refractivity contribution is 0.172. The molecule has 0 bridgehead atoms. The van der Waals surface area contributed by atoms with Gasteiger partial charge in [-0.2, -0.15) is 0 Å². The summed E-state index contributed by atoms with van der Waals surface area (Å²) >= 11 is 0. The maximum Gasteiger partial charge on any atom is 0.315 e. The van der Waals surface area contributed by atoms with Crippen LogP contribution in [0.1, 0.15) is 24.2 Å². The first-order chi connectivity index (χ1) is 12.4. The Balaban J connectivity index is 1.82. The lowest BCUT2D eigenvalue weighted by Crippen LogP contribution is -2.43. The highest BCUT2D eigenvalue weighted by atomic mass is 19.1. The van der Waals surface area contributed by atoms with Gasteiger partial charge in [0.1, 0.15) is 17.4 Å². The molecule has 7 heteroatoms. The number of amides is 2. The van der Waals surface area contributed by atoms with Gasteiger partial charge in [0.2, 0.25) is 0 Å². The Morgan fingerprint density at radius 2 is 1.77 bits per heavy atom. The van der Waals surface area contributed by atoms with Crippen LogP contribution < -0.4 is 15.4 Å². The summed E-state index contributed by atoms with van der Waals surface area (Å²) in [6, 6.07) is 9.46. The highest BCUT2D eigenvalue weighted by Gasteiger charge is 2.15. The highest BCUT2D eigenvalue weighted by Crippen LogP contribution is 2.17. The van der Waals surface area contributed by atoms with E-state index in [0.29, 0.717) is 11.3 Å². The number of ether oxygens (including phenoxy) is 1. The largest absolute Gasteiger partial charge is 0.497 e. The summed E-state index contributed by atoms with van der Waals surface area (Å²) in [4.78, 5) is 11.9. The monoisotopic (exact) mass is 364 g/mol. The van der Waals surface area contributed by atoms with Crippen LogP contribution in [0.25, 0.3) is 0 Å². The number of nitrogens with one attached hydrogen (secondary N) is 2. The maximum absolute atomic E-state index is 13.6. The summed E-state index contributed by atoms with van der Waals surface area (Å²) in [5, 5.41) is 15.2. The number of carbonyl (C=O) groups excluding carboxylic acids is 1. The van der Waals surface area contributed by atoms with Crippen molar-refractivity contribution in [3.8, 4) is 5.75 Å². The zero-order valence-electron chi connectivity index (χ0n) is 14.6. The number of halogens is 2. The van der Waals surface area contributed by atoms with Crippen molar-refractivity contribution in [2.45, 2.75) is 25.5 Å². The molecule has 2 unspecified atom stereocenters. The third kappa shape index (κ3) is 5.42. The van der Waals surface area contributed by atoms with Gasteiger partial charge < -0.3 is 20.5 Å². The Bertz CT molecular complexity index is 718. The van der Waals surface area contributed by atoms with E-state index in [1.54, 1.807) is 38.3 Å². The Hall–Kier alpha value is -2.67. The van der Waals surface area contributed by atoms with Crippen molar-refractivity contribution in [1.29, 1.82) is 0 Å². The van der Waals surface area contributed by atoms with E-state index in [4.69, 9.17) is 4.74 Å². The first kappa shape index (κ1) is 19.7. The number of hydrogen-bond donors (Lipinski definition) is 3. The quantitative estimate of drug-likeness (QED) is 0.707. The Morgan fingerprint density at radius 1 is 1.15 bits per heavy atom. The van der Waals surface area contributed by atoms with E-state index < -0.39 is 29.8 Å². The van der Waals surface area contributed by atoms with Crippen molar-refractivity contribution in [1.82, 2.24) is 10.6 Å². The van der Waals surface area contributed by atoms with Gasteiger partial charge in [0.05, 0.1) is 13.2 Å². The van der Waals surface area contributed by atoms with Crippen molar-refractivity contribution in [2.24, 2.45) is 0 Å². The molecule has 0 aliphatic heterocycles. The minimum absolute atomic E-state index is 0.00105. The fourth-order valence-corrected chi connectivity index (χ4v) is 2.49. The molecule has 2 amide bonds. The van der Waals surface area contributed by atoms with Crippen molar-refractivity contribution < 1.29 is 23.4 Å². The fraction of sp³-hybridized carbons (Fsp3) is 0.316. The molecule has 0 saturated carbocycles. The molecule has 0 heterocycles. The van der Waals surface area contributed by atoms with Crippen LogP contribution in [-0.2, 0) is 6.42 Å². The molecule has 2 atom stereocenters. The van der Waals surface area contributed by atoms with Crippen LogP contribution in [0, 0.1) is 11.6 Å². The van der Waals surface area contributed by atoms with Crippen molar-refractivity contribution in [3.05, 3.63) is 65.2 Å². The zero-order valence-corrected chi connectivity index (χ0v) is 14.6. The van der Waals surface area contributed by atoms with E-state index in [9.17, 15) is 18.7 Å². The Kier molecular flexibility index (Phi) is 6.91. The van der Waals surface area contributed by atoms with E-state index in [-0.39, 0.29) is 18.5 Å². The van der Waals surface area contributed by atoms with Crippen molar-refractivity contribution in [2.75, 3.05) is 13.7 Å². The van der Waals surface area contributed by atoms with Gasteiger partial charge in [0.15, 0.2) is 0 Å². The predicted molar refractivity (Wildman–Crippen MR) is 94.0 cm³/mol. The van der Waals surface area contributed by atoms with E-state index >= 15 is 0 Å². The van der Waals surface area contributed by atoms with Gasteiger partial charge >= 0.3 is 6.03 Å². The molecule has 0 aliphatic carbocycles. The molecule has 0 radical (unpaired) electrons. The fourth-order valence-electron chi connectivity index (χ4n) is 2.49. The van der Waals surface area contributed by atoms with E-state index in [2.05, 4.69) is 10.6 Å². The molecule has 3 N–H and O–H groups in total. The van der Waals surface area contributed by atoms with Gasteiger partial charge in [0.25, 0.3) is 0 Å². The number of aliphatic hydroxyl groups excluding tert-OH is 1. The second kappa shape index (κ2) is 9.15. The van der Waals surface area contributed by atoms with Gasteiger partial charge in [-0.05, 0) is 43.2 Å². The van der Waals surface area contributed by atoms with Gasteiger partial charge in [-0.15, -0.1) is 0 Å². The number of aliphatic hydroxyl groups is 1. The molecule has 0 aliphatic rings. The number of carbonyl (C=O) groups is 1. The summed E-state index contributed by atoms with van der Waals surface area (Å²) in [6.07, 6.45) is -0.863. The molecule has 0 fully saturated rings. The summed E-state index contributed by atoms with van der Waals surface area (Å²) < 4.78 is 32.3. The number of benzene rings is 2. The molecule has 2 aromatic rings. The molecule has 5 nitrogen and oxygen atoms in total. The first-order valence-electron chi connectivity index (χ1n) is 8.20. The van der Waals surface area contributed by atoms with E-state index in [0.717, 1.165) is 0 Å². The average Bonchev–Trinajstić information content (AvgIpc) is 2.63. The van der Waals surface area contributed by atoms with Gasteiger partial charge in [-0.3, -0.25) is 0 Å². The lowest BCUT2D eigenvalue weighted by Gasteiger charge is -2.17. The molecule has 0 spiro atoms. The maximum atomic E-state index is 13.6. The summed E-state index contributed by atoms with van der Waals surface area (Å²) in [5.41, 5.74) is 0.561. The van der Waals surface area contributed by atoms with Crippen LogP contribution in [-0.4, -0.2) is 30.8 Å². The highest BCUT2D eigenvalue weighted by molar-refractivity contribution is 5.74. The van der Waals surface area contributed by atoms with Crippen LogP contribution >= 0.6 is 0 Å². The van der Waals surface area contributed by atoms with E-state index in [1.165, 1.54) is 18.2 Å². The summed E-state index contributed by atoms with van der Waals surface area (Å²) in [7, 11) is 1.55. The molecule has 2 aromatic carbocycles. The minimum atomic E-state index is -0.883. The smallest absolute Gasteiger partial charge is 0.315 e. The number of hydrogen-bond acceptors (Lipinski definition) is 3. The molecule has 2 rings (SSSR count). The van der Waals surface area contributed by atoms with Crippen molar-refractivity contribution >= 4 is 6.03 Å². The van der Waals surface area contributed by atoms with Crippen LogP contribution in [0.3, 0.4) is 0 Å². The second-order valence-electron chi connectivity index (χ2n) is 5.95. The molecule has 0 saturated heterocycles. The minimum Gasteiger partial charge on any atom is -0.497 e. The topological polar surface area (TPSA) is 70.6 Å². The standard InChI is InChI=1S/C19H22F2N2O3/c1-12(10-15-16(20)4-3-5-17(15)21)23-19(25)22-11-18(24)13-6-8-14(26-2)9-7-13/h3-9,12,18,24H,10-11H2,1-2H3,(H2,22,23,25). The van der Waals surface area contributed by atoms with Crippen LogP contribution in [0.4, 0.5) is 13.6 Å². The van der Waals surface area contributed by atoms with E-state index in [1.807, 2.05) is 0 Å². The SMILES string of the molecule is COc1ccc(C(O)CNC(=O)NC(C)Cc2c(F)cccc2F)cc1. The summed E-state index contributed by atoms with van der Waals surface area (Å²) in [6.45, 7) is 1.64. The van der Waals surface area contributed by atoms with Crippen molar-refractivity contribution in [3.63, 3.8) is 0 Å². The number of rotatable bonds is 7.